The summed E-state index contributed by atoms with van der Waals surface area (Å²) in [5.74, 6) is 0. The van der Waals surface area contributed by atoms with E-state index in [1.54, 1.807) is 10.8 Å². The van der Waals surface area contributed by atoms with Gasteiger partial charge in [0.1, 0.15) is 6.23 Å². The third kappa shape index (κ3) is 2.17. The van der Waals surface area contributed by atoms with Crippen LogP contribution in [0, 0.1) is 4.77 Å². The fourth-order valence-electron chi connectivity index (χ4n) is 1.68. The second-order valence-corrected chi connectivity index (χ2v) is 3.88. The average molecular weight is 228 g/mol. The van der Waals surface area contributed by atoms with Crippen LogP contribution in [-0.2, 0) is 4.74 Å². The van der Waals surface area contributed by atoms with Gasteiger partial charge in [-0.2, -0.15) is 0 Å². The van der Waals surface area contributed by atoms with Crippen molar-refractivity contribution in [1.82, 2.24) is 9.55 Å². The van der Waals surface area contributed by atoms with Crippen LogP contribution in [0.4, 0.5) is 0 Å². The molecule has 0 bridgehead atoms. The Labute approximate surface area is 91.3 Å². The molecule has 0 spiro atoms. The van der Waals surface area contributed by atoms with Crippen molar-refractivity contribution in [2.75, 3.05) is 6.61 Å². The molecule has 1 saturated heterocycles. The Balaban J connectivity index is 2.24. The van der Waals surface area contributed by atoms with E-state index >= 15 is 0 Å². The molecule has 1 aromatic heterocycles. The SMILES string of the molecule is O=c1ccn(C2CCC(CO)O2)c(=S)[nH]1. The fraction of sp³-hybridized carbons (Fsp3) is 0.556. The lowest BCUT2D eigenvalue weighted by atomic mass is 10.2. The molecular formula is C9H12N2O3S. The third-order valence-electron chi connectivity index (χ3n) is 2.45. The minimum absolute atomic E-state index is 0.0210. The second-order valence-electron chi connectivity index (χ2n) is 3.49. The first kappa shape index (κ1) is 10.5. The van der Waals surface area contributed by atoms with Gasteiger partial charge in [-0.25, -0.2) is 0 Å². The standard InChI is InChI=1S/C9H12N2O3S/c12-5-6-1-2-8(14-6)11-4-3-7(13)10-9(11)15/h3-4,6,8,12H,1-2,5H2,(H,10,13,15). The van der Waals surface area contributed by atoms with Gasteiger partial charge in [0.05, 0.1) is 12.7 Å². The second kappa shape index (κ2) is 4.26. The molecule has 5 nitrogen and oxygen atoms in total. The number of ether oxygens (including phenoxy) is 1. The smallest absolute Gasteiger partial charge is 0.251 e. The maximum absolute atomic E-state index is 11.0. The van der Waals surface area contributed by atoms with Crippen LogP contribution in [0.5, 0.6) is 0 Å². The van der Waals surface area contributed by atoms with Gasteiger partial charge in [-0.05, 0) is 25.1 Å². The Kier molecular flexibility index (Phi) is 2.99. The van der Waals surface area contributed by atoms with E-state index in [-0.39, 0.29) is 24.5 Å². The summed E-state index contributed by atoms with van der Waals surface area (Å²) in [6.45, 7) is 0.0210. The van der Waals surface area contributed by atoms with Crippen LogP contribution in [0.15, 0.2) is 17.1 Å². The highest BCUT2D eigenvalue weighted by Gasteiger charge is 2.25. The minimum Gasteiger partial charge on any atom is -0.394 e. The Bertz CT molecular complexity index is 453. The Morgan fingerprint density at radius 2 is 2.47 bits per heavy atom. The molecule has 2 rings (SSSR count). The maximum Gasteiger partial charge on any atom is 0.251 e. The highest BCUT2D eigenvalue weighted by Crippen LogP contribution is 2.27. The predicted molar refractivity (Wildman–Crippen MR) is 56.1 cm³/mol. The van der Waals surface area contributed by atoms with Crippen molar-refractivity contribution in [1.29, 1.82) is 0 Å². The van der Waals surface area contributed by atoms with Gasteiger partial charge in [0.2, 0.25) is 0 Å². The molecule has 2 atom stereocenters. The van der Waals surface area contributed by atoms with E-state index in [9.17, 15) is 4.79 Å². The number of aliphatic hydroxyl groups excluding tert-OH is 1. The van der Waals surface area contributed by atoms with Crippen molar-refractivity contribution >= 4 is 12.2 Å². The normalized spacial score (nSPS) is 25.7. The first-order valence-electron chi connectivity index (χ1n) is 4.78. The van der Waals surface area contributed by atoms with Crippen LogP contribution in [0.2, 0.25) is 0 Å². The number of hydrogen-bond acceptors (Lipinski definition) is 4. The Morgan fingerprint density at radius 1 is 1.67 bits per heavy atom. The van der Waals surface area contributed by atoms with Crippen molar-refractivity contribution in [2.45, 2.75) is 25.2 Å². The van der Waals surface area contributed by atoms with Gasteiger partial charge in [0, 0.05) is 12.3 Å². The van der Waals surface area contributed by atoms with Crippen LogP contribution >= 0.6 is 12.2 Å². The molecule has 2 N–H and O–H groups in total. The highest BCUT2D eigenvalue weighted by atomic mass is 32.1. The van der Waals surface area contributed by atoms with E-state index in [1.165, 1.54) is 6.07 Å². The molecule has 6 heteroatoms. The first-order chi connectivity index (χ1) is 7.20. The van der Waals surface area contributed by atoms with E-state index in [4.69, 9.17) is 22.1 Å². The van der Waals surface area contributed by atoms with E-state index in [0.717, 1.165) is 12.8 Å². The van der Waals surface area contributed by atoms with E-state index < -0.39 is 0 Å². The summed E-state index contributed by atoms with van der Waals surface area (Å²) in [4.78, 5) is 13.5. The molecule has 0 saturated carbocycles. The molecular weight excluding hydrogens is 216 g/mol. The molecule has 1 aromatic rings. The number of hydrogen-bond donors (Lipinski definition) is 2. The molecule has 0 amide bonds. The van der Waals surface area contributed by atoms with Crippen molar-refractivity contribution in [2.24, 2.45) is 0 Å². The van der Waals surface area contributed by atoms with Gasteiger partial charge < -0.3 is 9.84 Å². The van der Waals surface area contributed by atoms with E-state index in [2.05, 4.69) is 4.98 Å². The molecule has 1 aliphatic heterocycles. The summed E-state index contributed by atoms with van der Waals surface area (Å²) in [5.41, 5.74) is -0.215. The molecule has 2 heterocycles. The van der Waals surface area contributed by atoms with E-state index in [0.29, 0.717) is 4.77 Å². The molecule has 0 radical (unpaired) electrons. The number of aromatic amines is 1. The summed E-state index contributed by atoms with van der Waals surface area (Å²) in [7, 11) is 0. The number of nitrogens with one attached hydrogen (secondary N) is 1. The lowest BCUT2D eigenvalue weighted by Crippen LogP contribution is -2.18. The van der Waals surface area contributed by atoms with Crippen molar-refractivity contribution in [3.05, 3.63) is 27.4 Å². The van der Waals surface area contributed by atoms with Gasteiger partial charge in [0.15, 0.2) is 4.77 Å². The zero-order valence-electron chi connectivity index (χ0n) is 8.05. The molecule has 0 aliphatic carbocycles. The quantitative estimate of drug-likeness (QED) is 0.726. The van der Waals surface area contributed by atoms with Crippen LogP contribution in [0.25, 0.3) is 0 Å². The van der Waals surface area contributed by atoms with Crippen molar-refractivity contribution in [3.8, 4) is 0 Å². The van der Waals surface area contributed by atoms with Crippen molar-refractivity contribution < 1.29 is 9.84 Å². The van der Waals surface area contributed by atoms with Crippen molar-refractivity contribution in [3.63, 3.8) is 0 Å². The zero-order valence-corrected chi connectivity index (χ0v) is 8.87. The number of rotatable bonds is 2. The van der Waals surface area contributed by atoms with Crippen LogP contribution in [0.1, 0.15) is 19.1 Å². The molecule has 0 aromatic carbocycles. The maximum atomic E-state index is 11.0. The number of aromatic nitrogens is 2. The van der Waals surface area contributed by atoms with Crippen LogP contribution < -0.4 is 5.56 Å². The van der Waals surface area contributed by atoms with Gasteiger partial charge in [-0.1, -0.05) is 0 Å². The predicted octanol–water partition coefficient (Wildman–Crippen LogP) is 0.576. The number of aliphatic hydroxyl groups is 1. The molecule has 1 fully saturated rings. The molecule has 82 valence electrons. The largest absolute Gasteiger partial charge is 0.394 e. The molecule has 2 unspecified atom stereocenters. The number of nitrogens with zero attached hydrogens (tertiary/aromatic N) is 1. The van der Waals surface area contributed by atoms with Crippen LogP contribution in [0.3, 0.4) is 0 Å². The third-order valence-corrected chi connectivity index (χ3v) is 2.76. The topological polar surface area (TPSA) is 67.2 Å². The molecule has 1 aliphatic rings. The first-order valence-corrected chi connectivity index (χ1v) is 5.19. The zero-order chi connectivity index (χ0) is 10.8. The summed E-state index contributed by atoms with van der Waals surface area (Å²) in [6.07, 6.45) is 2.93. The highest BCUT2D eigenvalue weighted by molar-refractivity contribution is 7.71. The minimum atomic E-state index is -0.215. The Hall–Kier alpha value is -0.980. The van der Waals surface area contributed by atoms with Gasteiger partial charge >= 0.3 is 0 Å². The van der Waals surface area contributed by atoms with Gasteiger partial charge in [-0.15, -0.1) is 0 Å². The van der Waals surface area contributed by atoms with Gasteiger partial charge in [-0.3, -0.25) is 14.3 Å². The average Bonchev–Trinajstić information content (AvgIpc) is 2.66. The van der Waals surface area contributed by atoms with Crippen LogP contribution in [-0.4, -0.2) is 27.4 Å². The Morgan fingerprint density at radius 3 is 3.07 bits per heavy atom. The number of H-pyrrole nitrogens is 1. The summed E-state index contributed by atoms with van der Waals surface area (Å²) in [6, 6.07) is 1.41. The summed E-state index contributed by atoms with van der Waals surface area (Å²) < 4.78 is 7.60. The van der Waals surface area contributed by atoms with E-state index in [1.807, 2.05) is 0 Å². The fourth-order valence-corrected chi connectivity index (χ4v) is 1.96. The molecule has 15 heavy (non-hydrogen) atoms. The summed E-state index contributed by atoms with van der Waals surface area (Å²) in [5, 5.41) is 8.93. The van der Waals surface area contributed by atoms with Gasteiger partial charge in [0.25, 0.3) is 5.56 Å². The monoisotopic (exact) mass is 228 g/mol. The lowest BCUT2D eigenvalue weighted by molar-refractivity contribution is -0.0237. The summed E-state index contributed by atoms with van der Waals surface area (Å²) >= 11 is 5.02. The lowest BCUT2D eigenvalue weighted by Gasteiger charge is -2.15.